The second-order valence-electron chi connectivity index (χ2n) is 7.11. The van der Waals surface area contributed by atoms with Gasteiger partial charge >= 0.3 is 5.97 Å². The molecule has 2 N–H and O–H groups in total. The number of halogens is 1. The van der Waals surface area contributed by atoms with Gasteiger partial charge in [0.25, 0.3) is 5.91 Å². The zero-order valence-electron chi connectivity index (χ0n) is 16.9. The number of benzene rings is 1. The third-order valence-electron chi connectivity index (χ3n) is 4.84. The molecule has 8 heteroatoms. The molecule has 3 rings (SSSR count). The minimum Gasteiger partial charge on any atom is -0.494 e. The molecule has 0 fully saturated rings. The number of rotatable bonds is 8. The molecule has 1 heterocycles. The summed E-state index contributed by atoms with van der Waals surface area (Å²) in [5.41, 5.74) is 2.29. The van der Waals surface area contributed by atoms with E-state index in [1.54, 1.807) is 19.1 Å². The Hall–Kier alpha value is -2.45. The Bertz CT molecular complexity index is 912. The summed E-state index contributed by atoms with van der Waals surface area (Å²) in [5.74, 6) is -0.797. The zero-order chi connectivity index (χ0) is 21.0. The lowest BCUT2D eigenvalue weighted by atomic mass is 10.1. The third-order valence-corrected chi connectivity index (χ3v) is 6.05. The number of nitrogens with one attached hydrogen (secondary N) is 2. The van der Waals surface area contributed by atoms with Crippen LogP contribution in [0.15, 0.2) is 18.2 Å². The standard InChI is InChI=1S/C21H25FN2O4S/c1-4-28-21(26)19-14-6-5-7-17(14)29-20(19)23-18(25)12-24(2)11-13-8-9-16(27-3)15(22)10-13/h8-10H,4-7,11-12H2,1-3H3,(H,23,25)/p+1. The van der Waals surface area contributed by atoms with E-state index >= 15 is 0 Å². The van der Waals surface area contributed by atoms with Crippen LogP contribution in [0.2, 0.25) is 0 Å². The molecule has 0 aliphatic heterocycles. The van der Waals surface area contributed by atoms with E-state index in [9.17, 15) is 14.0 Å². The van der Waals surface area contributed by atoms with Crippen molar-refractivity contribution in [3.8, 4) is 5.75 Å². The minimum atomic E-state index is -0.422. The van der Waals surface area contributed by atoms with Crippen LogP contribution in [0.3, 0.4) is 0 Å². The minimum absolute atomic E-state index is 0.193. The first-order valence-corrected chi connectivity index (χ1v) is 10.5. The number of anilines is 1. The predicted molar refractivity (Wildman–Crippen MR) is 109 cm³/mol. The fourth-order valence-corrected chi connectivity index (χ4v) is 4.88. The number of amides is 1. The number of quaternary nitrogens is 1. The monoisotopic (exact) mass is 421 g/mol. The van der Waals surface area contributed by atoms with Gasteiger partial charge in [0.2, 0.25) is 0 Å². The fourth-order valence-electron chi connectivity index (χ4n) is 3.59. The fraction of sp³-hybridized carbons (Fsp3) is 0.429. The van der Waals surface area contributed by atoms with E-state index in [2.05, 4.69) is 5.32 Å². The van der Waals surface area contributed by atoms with E-state index < -0.39 is 5.82 Å². The second kappa shape index (κ2) is 9.37. The van der Waals surface area contributed by atoms with Crippen LogP contribution in [0, 0.1) is 5.82 Å². The maximum absolute atomic E-state index is 13.9. The van der Waals surface area contributed by atoms with Gasteiger partial charge in [0.1, 0.15) is 11.5 Å². The number of hydrogen-bond donors (Lipinski definition) is 2. The first kappa shape index (κ1) is 21.3. The van der Waals surface area contributed by atoms with Gasteiger partial charge in [-0.25, -0.2) is 9.18 Å². The van der Waals surface area contributed by atoms with Crippen LogP contribution < -0.4 is 15.0 Å². The molecule has 0 saturated carbocycles. The molecule has 1 amide bonds. The number of esters is 1. The number of aryl methyl sites for hydroxylation is 1. The molecule has 29 heavy (non-hydrogen) atoms. The number of thiophene rings is 1. The number of ether oxygens (including phenoxy) is 2. The van der Waals surface area contributed by atoms with Crippen molar-refractivity contribution in [2.75, 3.05) is 32.6 Å². The van der Waals surface area contributed by atoms with E-state index in [4.69, 9.17) is 9.47 Å². The predicted octanol–water partition coefficient (Wildman–Crippen LogP) is 2.21. The Morgan fingerprint density at radius 1 is 1.31 bits per heavy atom. The molecule has 1 atom stereocenters. The van der Waals surface area contributed by atoms with Gasteiger partial charge in [0.05, 0.1) is 26.3 Å². The van der Waals surface area contributed by atoms with Gasteiger partial charge in [-0.3, -0.25) is 4.79 Å². The average molecular weight is 422 g/mol. The van der Waals surface area contributed by atoms with Crippen molar-refractivity contribution in [1.82, 2.24) is 0 Å². The highest BCUT2D eigenvalue weighted by molar-refractivity contribution is 7.17. The van der Waals surface area contributed by atoms with Crippen LogP contribution in [-0.2, 0) is 28.9 Å². The average Bonchev–Trinajstić information content (AvgIpc) is 3.22. The topological polar surface area (TPSA) is 69.1 Å². The number of hydrogen-bond acceptors (Lipinski definition) is 5. The normalized spacial score (nSPS) is 13.7. The van der Waals surface area contributed by atoms with Gasteiger partial charge in [-0.15, -0.1) is 11.3 Å². The Kier molecular flexibility index (Phi) is 6.87. The summed E-state index contributed by atoms with van der Waals surface area (Å²) in [6.45, 7) is 2.74. The lowest BCUT2D eigenvalue weighted by Crippen LogP contribution is -3.08. The summed E-state index contributed by atoms with van der Waals surface area (Å²) in [4.78, 5) is 27.0. The van der Waals surface area contributed by atoms with E-state index in [1.807, 2.05) is 7.05 Å². The van der Waals surface area contributed by atoms with Crippen molar-refractivity contribution in [3.05, 3.63) is 45.6 Å². The molecule has 0 saturated heterocycles. The van der Waals surface area contributed by atoms with E-state index in [1.165, 1.54) is 24.5 Å². The summed E-state index contributed by atoms with van der Waals surface area (Å²) in [5, 5.41) is 3.46. The van der Waals surface area contributed by atoms with Gasteiger partial charge in [-0.1, -0.05) is 0 Å². The smallest absolute Gasteiger partial charge is 0.341 e. The van der Waals surface area contributed by atoms with Gasteiger partial charge in [0, 0.05) is 10.4 Å². The largest absolute Gasteiger partial charge is 0.494 e. The van der Waals surface area contributed by atoms with E-state index in [0.717, 1.165) is 40.2 Å². The Morgan fingerprint density at radius 3 is 2.79 bits per heavy atom. The Balaban J connectivity index is 1.65. The summed E-state index contributed by atoms with van der Waals surface area (Å²) in [6.07, 6.45) is 2.79. The van der Waals surface area contributed by atoms with E-state index in [-0.39, 0.29) is 24.2 Å². The van der Waals surface area contributed by atoms with Crippen LogP contribution in [-0.4, -0.2) is 39.2 Å². The Morgan fingerprint density at radius 2 is 2.10 bits per heavy atom. The van der Waals surface area contributed by atoms with Gasteiger partial charge < -0.3 is 19.7 Å². The SMILES string of the molecule is CCOC(=O)c1c(NC(=O)C[NH+](C)Cc2ccc(OC)c(F)c2)sc2c1CCC2. The lowest BCUT2D eigenvalue weighted by molar-refractivity contribution is -0.885. The van der Waals surface area contributed by atoms with Gasteiger partial charge in [0.15, 0.2) is 18.1 Å². The van der Waals surface area contributed by atoms with Crippen molar-refractivity contribution in [2.45, 2.75) is 32.7 Å². The van der Waals surface area contributed by atoms with Gasteiger partial charge in [-0.2, -0.15) is 0 Å². The maximum Gasteiger partial charge on any atom is 0.341 e. The van der Waals surface area contributed by atoms with Gasteiger partial charge in [-0.05, 0) is 49.9 Å². The van der Waals surface area contributed by atoms with E-state index in [0.29, 0.717) is 23.7 Å². The first-order chi connectivity index (χ1) is 13.9. The zero-order valence-corrected chi connectivity index (χ0v) is 17.7. The summed E-state index contributed by atoms with van der Waals surface area (Å²) < 4.78 is 24.0. The number of carbonyl (C=O) groups excluding carboxylic acids is 2. The molecule has 2 aromatic rings. The molecular formula is C21H26FN2O4S+. The highest BCUT2D eigenvalue weighted by Crippen LogP contribution is 2.39. The molecule has 1 aromatic carbocycles. The summed E-state index contributed by atoms with van der Waals surface area (Å²) in [6, 6.07) is 4.78. The number of fused-ring (bicyclic) bond motifs is 1. The highest BCUT2D eigenvalue weighted by Gasteiger charge is 2.28. The second-order valence-corrected chi connectivity index (χ2v) is 8.21. The molecule has 6 nitrogen and oxygen atoms in total. The molecule has 0 radical (unpaired) electrons. The molecule has 156 valence electrons. The summed E-state index contributed by atoms with van der Waals surface area (Å²) in [7, 11) is 3.28. The quantitative estimate of drug-likeness (QED) is 0.642. The molecule has 1 aromatic heterocycles. The first-order valence-electron chi connectivity index (χ1n) is 9.68. The van der Waals surface area contributed by atoms with Crippen molar-refractivity contribution in [3.63, 3.8) is 0 Å². The molecule has 1 aliphatic rings. The van der Waals surface area contributed by atoms with Crippen LogP contribution >= 0.6 is 11.3 Å². The van der Waals surface area contributed by atoms with Crippen LogP contribution in [0.1, 0.15) is 39.7 Å². The Labute approximate surface area is 173 Å². The molecule has 1 unspecified atom stereocenters. The number of methoxy groups -OCH3 is 1. The molecular weight excluding hydrogens is 395 g/mol. The highest BCUT2D eigenvalue weighted by atomic mass is 32.1. The lowest BCUT2D eigenvalue weighted by Gasteiger charge is -2.14. The van der Waals surface area contributed by atoms with Crippen LogP contribution in [0.25, 0.3) is 0 Å². The number of carbonyl (C=O) groups is 2. The maximum atomic E-state index is 13.9. The van der Waals surface area contributed by atoms with Crippen LogP contribution in [0.4, 0.5) is 9.39 Å². The van der Waals surface area contributed by atoms with Crippen molar-refractivity contribution in [1.29, 1.82) is 0 Å². The van der Waals surface area contributed by atoms with Crippen molar-refractivity contribution >= 4 is 28.2 Å². The molecule has 1 aliphatic carbocycles. The van der Waals surface area contributed by atoms with Crippen molar-refractivity contribution in [2.24, 2.45) is 0 Å². The molecule has 0 bridgehead atoms. The van der Waals surface area contributed by atoms with Crippen molar-refractivity contribution < 1.29 is 28.4 Å². The molecule has 0 spiro atoms. The summed E-state index contributed by atoms with van der Waals surface area (Å²) >= 11 is 1.46. The third kappa shape index (κ3) is 4.94. The number of likely N-dealkylation sites (N-methyl/N-ethyl adjacent to an activating group) is 1. The van der Waals surface area contributed by atoms with Crippen LogP contribution in [0.5, 0.6) is 5.75 Å².